The van der Waals surface area contributed by atoms with Gasteiger partial charge < -0.3 is 9.47 Å². The zero-order chi connectivity index (χ0) is 28.1. The number of carbonyl (C=O) groups is 2. The Morgan fingerprint density at radius 1 is 0.585 bits per heavy atom. The van der Waals surface area contributed by atoms with E-state index in [1.807, 2.05) is 36.4 Å². The van der Waals surface area contributed by atoms with Crippen molar-refractivity contribution in [3.8, 4) is 0 Å². The van der Waals surface area contributed by atoms with Gasteiger partial charge in [0.25, 0.3) is 0 Å². The van der Waals surface area contributed by atoms with Crippen molar-refractivity contribution in [1.82, 2.24) is 0 Å². The molecule has 0 N–H and O–H groups in total. The summed E-state index contributed by atoms with van der Waals surface area (Å²) in [5.41, 5.74) is 1.25. The van der Waals surface area contributed by atoms with E-state index in [0.29, 0.717) is 17.0 Å². The number of ether oxygens (including phenoxy) is 2. The van der Waals surface area contributed by atoms with Crippen molar-refractivity contribution < 1.29 is 19.1 Å². The molecule has 0 bridgehead atoms. The van der Waals surface area contributed by atoms with Crippen LogP contribution in [0.4, 0.5) is 0 Å². The first-order valence-electron chi connectivity index (χ1n) is 15.6. The van der Waals surface area contributed by atoms with Crippen molar-refractivity contribution in [2.75, 3.05) is 0 Å². The van der Waals surface area contributed by atoms with Crippen molar-refractivity contribution in [2.24, 2.45) is 11.8 Å². The van der Waals surface area contributed by atoms with Crippen molar-refractivity contribution in [3.05, 3.63) is 71.8 Å². The molecule has 0 spiro atoms. The molecule has 7 rings (SSSR count). The highest BCUT2D eigenvalue weighted by atomic mass is 16.5. The lowest BCUT2D eigenvalue weighted by atomic mass is 9.85. The maximum absolute atomic E-state index is 13.5. The molecule has 0 unspecified atom stereocenters. The molecule has 2 fully saturated rings. The van der Waals surface area contributed by atoms with Gasteiger partial charge in [-0.25, -0.2) is 9.59 Å². The molecule has 4 nitrogen and oxygen atoms in total. The molecule has 0 atom stereocenters. The van der Waals surface area contributed by atoms with Gasteiger partial charge in [0.2, 0.25) is 0 Å². The Hall–Kier alpha value is -3.66. The Balaban J connectivity index is 1.29. The minimum atomic E-state index is -0.233. The summed E-state index contributed by atoms with van der Waals surface area (Å²) in [4.78, 5) is 26.9. The second-order valence-electron chi connectivity index (χ2n) is 12.5. The summed E-state index contributed by atoms with van der Waals surface area (Å²) < 4.78 is 12.1. The maximum atomic E-state index is 13.5. The summed E-state index contributed by atoms with van der Waals surface area (Å²) in [6, 6.07) is 20.3. The van der Waals surface area contributed by atoms with Crippen molar-refractivity contribution in [2.45, 2.75) is 83.8 Å². The number of hydrogen-bond donors (Lipinski definition) is 0. The third kappa shape index (κ3) is 4.62. The second-order valence-corrected chi connectivity index (χ2v) is 12.5. The highest BCUT2D eigenvalue weighted by Gasteiger charge is 2.26. The Labute approximate surface area is 241 Å². The fraction of sp³-hybridized carbons (Fsp3) is 0.405. The van der Waals surface area contributed by atoms with Crippen LogP contribution in [0.25, 0.3) is 43.1 Å². The average Bonchev–Trinajstić information content (AvgIpc) is 3.00. The Morgan fingerprint density at radius 2 is 1.00 bits per heavy atom. The van der Waals surface area contributed by atoms with Crippen molar-refractivity contribution in [3.63, 3.8) is 0 Å². The van der Waals surface area contributed by atoms with Crippen LogP contribution in [0.5, 0.6) is 0 Å². The van der Waals surface area contributed by atoms with Crippen LogP contribution in [0.1, 0.15) is 92.4 Å². The van der Waals surface area contributed by atoms with Crippen LogP contribution >= 0.6 is 0 Å². The summed E-state index contributed by atoms with van der Waals surface area (Å²) in [6.45, 7) is 4.52. The maximum Gasteiger partial charge on any atom is 0.339 e. The number of hydrogen-bond acceptors (Lipinski definition) is 4. The predicted molar refractivity (Wildman–Crippen MR) is 166 cm³/mol. The van der Waals surface area contributed by atoms with E-state index < -0.39 is 0 Å². The van der Waals surface area contributed by atoms with Gasteiger partial charge in [0.15, 0.2) is 0 Å². The van der Waals surface area contributed by atoms with Crippen LogP contribution in [-0.2, 0) is 9.47 Å². The van der Waals surface area contributed by atoms with E-state index in [2.05, 4.69) is 38.1 Å². The number of rotatable bonds is 5. The molecule has 2 aliphatic rings. The smallest absolute Gasteiger partial charge is 0.339 e. The monoisotopic (exact) mass is 546 g/mol. The third-order valence-corrected chi connectivity index (χ3v) is 9.98. The predicted octanol–water partition coefficient (Wildman–Crippen LogP) is 9.60. The van der Waals surface area contributed by atoms with Crippen LogP contribution in [-0.4, -0.2) is 24.1 Å². The fourth-order valence-corrected chi connectivity index (χ4v) is 7.50. The number of esters is 2. The molecule has 0 radical (unpaired) electrons. The van der Waals surface area contributed by atoms with Crippen molar-refractivity contribution in [1.29, 1.82) is 0 Å². The first kappa shape index (κ1) is 26.3. The SMILES string of the molecule is CCC1CCC(OC(=O)c2ccc3c4cccc5c(C(=O)OC6CCC(C)CC6)ccc(c6cccc2c63)c54)CC1. The van der Waals surface area contributed by atoms with Crippen molar-refractivity contribution >= 4 is 55.0 Å². The summed E-state index contributed by atoms with van der Waals surface area (Å²) in [5.74, 6) is 0.999. The summed E-state index contributed by atoms with van der Waals surface area (Å²) in [7, 11) is 0. The molecule has 210 valence electrons. The lowest BCUT2D eigenvalue weighted by Crippen LogP contribution is -2.24. The van der Waals surface area contributed by atoms with Crippen LogP contribution < -0.4 is 0 Å². The fourth-order valence-electron chi connectivity index (χ4n) is 7.50. The number of fused-ring (bicyclic) bond motifs is 2. The molecule has 0 heterocycles. The van der Waals surface area contributed by atoms with Gasteiger partial charge in [-0.3, -0.25) is 0 Å². The molecule has 0 saturated heterocycles. The summed E-state index contributed by atoms with van der Waals surface area (Å²) >= 11 is 0. The normalized spacial score (nSPS) is 23.4. The standard InChI is InChI=1S/C37H38O4/c1-3-23-12-16-25(17-13-23)41-37(39)33-21-19-31-26-6-4-8-28-32(36(38)40-24-14-10-22(2)11-15-24)20-18-30(34(26)28)27-7-5-9-29(33)35(27)31/h4-9,18-25H,3,10-17H2,1-2H3. The van der Waals surface area contributed by atoms with Crippen LogP contribution in [0.2, 0.25) is 0 Å². The van der Waals surface area contributed by atoms with E-state index in [4.69, 9.17) is 9.47 Å². The second kappa shape index (κ2) is 10.6. The molecule has 5 aromatic rings. The van der Waals surface area contributed by atoms with E-state index in [1.165, 1.54) is 6.42 Å². The Morgan fingerprint density at radius 3 is 1.46 bits per heavy atom. The van der Waals surface area contributed by atoms with E-state index in [0.717, 1.165) is 100 Å². The van der Waals surface area contributed by atoms with E-state index in [9.17, 15) is 9.59 Å². The first-order valence-corrected chi connectivity index (χ1v) is 15.6. The van der Waals surface area contributed by atoms with Crippen LogP contribution in [0, 0.1) is 11.8 Å². The quantitative estimate of drug-likeness (QED) is 0.125. The zero-order valence-electron chi connectivity index (χ0n) is 24.1. The largest absolute Gasteiger partial charge is 0.459 e. The Kier molecular flexibility index (Phi) is 6.81. The van der Waals surface area contributed by atoms with Gasteiger partial charge in [0.1, 0.15) is 12.2 Å². The molecule has 0 amide bonds. The molecule has 0 aromatic heterocycles. The van der Waals surface area contributed by atoms with Gasteiger partial charge >= 0.3 is 11.9 Å². The molecule has 4 heteroatoms. The van der Waals surface area contributed by atoms with E-state index in [-0.39, 0.29) is 24.1 Å². The molecule has 2 aliphatic carbocycles. The van der Waals surface area contributed by atoms with Gasteiger partial charge in [-0.05, 0) is 118 Å². The lowest BCUT2D eigenvalue weighted by Gasteiger charge is -2.27. The summed E-state index contributed by atoms with van der Waals surface area (Å²) in [5, 5.41) is 8.32. The van der Waals surface area contributed by atoms with Crippen LogP contribution in [0.3, 0.4) is 0 Å². The molecule has 0 aliphatic heterocycles. The van der Waals surface area contributed by atoms with Gasteiger partial charge in [-0.15, -0.1) is 0 Å². The zero-order valence-corrected chi connectivity index (χ0v) is 24.1. The molecular formula is C37H38O4. The Bertz CT molecular complexity index is 1730. The highest BCUT2D eigenvalue weighted by Crippen LogP contribution is 2.42. The number of carbonyl (C=O) groups excluding carboxylic acids is 2. The molecular weight excluding hydrogens is 508 g/mol. The van der Waals surface area contributed by atoms with Gasteiger partial charge in [0.05, 0.1) is 11.1 Å². The van der Waals surface area contributed by atoms with Gasteiger partial charge in [-0.1, -0.05) is 68.8 Å². The van der Waals surface area contributed by atoms with E-state index in [1.54, 1.807) is 0 Å². The first-order chi connectivity index (χ1) is 20.0. The topological polar surface area (TPSA) is 52.6 Å². The molecule has 5 aromatic carbocycles. The summed E-state index contributed by atoms with van der Waals surface area (Å²) in [6.07, 6.45) is 9.46. The minimum Gasteiger partial charge on any atom is -0.459 e. The minimum absolute atomic E-state index is 0.000719. The third-order valence-electron chi connectivity index (χ3n) is 9.98. The molecule has 41 heavy (non-hydrogen) atoms. The number of benzene rings is 5. The van der Waals surface area contributed by atoms with Crippen LogP contribution in [0.15, 0.2) is 60.7 Å². The highest BCUT2D eigenvalue weighted by molar-refractivity contribution is 6.35. The average molecular weight is 547 g/mol. The van der Waals surface area contributed by atoms with Gasteiger partial charge in [-0.2, -0.15) is 0 Å². The van der Waals surface area contributed by atoms with E-state index >= 15 is 0 Å². The van der Waals surface area contributed by atoms with Gasteiger partial charge in [0, 0.05) is 0 Å². The lowest BCUT2D eigenvalue weighted by molar-refractivity contribution is 0.0161. The molecule has 2 saturated carbocycles.